The molecule has 9 nitrogen and oxygen atoms in total. The molecule has 0 spiro atoms. The van der Waals surface area contributed by atoms with Gasteiger partial charge in [-0.05, 0) is 18.2 Å². The van der Waals surface area contributed by atoms with E-state index in [2.05, 4.69) is 0 Å². The molecule has 0 fully saturated rings. The molecule has 0 radical (unpaired) electrons. The summed E-state index contributed by atoms with van der Waals surface area (Å²) in [5.41, 5.74) is 0. The van der Waals surface area contributed by atoms with Gasteiger partial charge in [-0.1, -0.05) is 4.13 Å². The van der Waals surface area contributed by atoms with Crippen LogP contribution in [-0.4, -0.2) is 52.5 Å². The van der Waals surface area contributed by atoms with Crippen LogP contribution in [0, 0.1) is 11.6 Å². The van der Waals surface area contributed by atoms with Crippen molar-refractivity contribution in [3.8, 4) is 0 Å². The van der Waals surface area contributed by atoms with Gasteiger partial charge < -0.3 is 0 Å². The Morgan fingerprint density at radius 1 is 0.781 bits per heavy atom. The average Bonchev–Trinajstić information content (AvgIpc) is 2.53. The topological polar surface area (TPSA) is 144 Å². The van der Waals surface area contributed by atoms with E-state index < -0.39 is 69.4 Å². The Morgan fingerprint density at radius 2 is 1.22 bits per heavy atom. The summed E-state index contributed by atoms with van der Waals surface area (Å²) >= 11 is 0. The molecule has 0 unspecified atom stereocenters. The molecule has 0 heterocycles. The van der Waals surface area contributed by atoms with Crippen LogP contribution in [0.1, 0.15) is 0 Å². The Bertz CT molecular complexity index is 1210. The van der Waals surface area contributed by atoms with Crippen molar-refractivity contribution >= 4 is 30.2 Å². The maximum atomic E-state index is 13.7. The van der Waals surface area contributed by atoms with Crippen LogP contribution in [0.25, 0.3) is 0 Å². The van der Waals surface area contributed by atoms with Gasteiger partial charge >= 0.3 is 32.8 Å². The lowest BCUT2D eigenvalue weighted by atomic mass is 10.3. The van der Waals surface area contributed by atoms with Crippen molar-refractivity contribution in [2.24, 2.45) is 0 Å². The number of ether oxygens (including phenoxy) is 1. The molecule has 0 aliphatic carbocycles. The minimum atomic E-state index is -7.53. The van der Waals surface area contributed by atoms with Crippen molar-refractivity contribution in [1.29, 1.82) is 0 Å². The van der Waals surface area contributed by atoms with Crippen LogP contribution in [0.2, 0.25) is 0 Å². The van der Waals surface area contributed by atoms with Gasteiger partial charge in [-0.15, -0.1) is 0 Å². The first-order chi connectivity index (χ1) is 13.8. The highest BCUT2D eigenvalue weighted by Crippen LogP contribution is 2.48. The first kappa shape index (κ1) is 28.3. The molecule has 32 heavy (non-hydrogen) atoms. The van der Waals surface area contributed by atoms with Gasteiger partial charge in [0.05, 0.1) is 0 Å². The van der Waals surface area contributed by atoms with Crippen LogP contribution in [-0.2, 0) is 34.9 Å². The highest BCUT2D eigenvalue weighted by Gasteiger charge is 2.77. The summed E-state index contributed by atoms with van der Waals surface area (Å²) in [7, 11) is -21.0. The van der Waals surface area contributed by atoms with Gasteiger partial charge in [-0.2, -0.15) is 43.5 Å². The number of hydrogen-bond acceptors (Lipinski definition) is 7. The molecule has 0 aliphatic heterocycles. The number of halogens is 10. The van der Waals surface area contributed by atoms with Crippen molar-refractivity contribution in [2.45, 2.75) is 27.6 Å². The fraction of sp³-hybridized carbons (Fsp3) is 0.400. The van der Waals surface area contributed by atoms with E-state index in [1.165, 1.54) is 0 Å². The van der Waals surface area contributed by atoms with Crippen LogP contribution in [0.3, 0.4) is 0 Å². The smallest absolute Gasteiger partial charge is 0.281 e. The molecule has 186 valence electrons. The van der Waals surface area contributed by atoms with E-state index >= 15 is 0 Å². The highest BCUT2D eigenvalue weighted by molar-refractivity contribution is 8.05. The van der Waals surface area contributed by atoms with Gasteiger partial charge in [-0.25, -0.2) is 30.4 Å². The van der Waals surface area contributed by atoms with Crippen molar-refractivity contribution in [2.75, 3.05) is 0 Å². The monoisotopic (exact) mass is 553 g/mol. The summed E-state index contributed by atoms with van der Waals surface area (Å²) in [6, 6.07) is -0.0535. The molecule has 1 rings (SSSR count). The number of benzene rings is 1. The Morgan fingerprint density at radius 3 is 1.66 bits per heavy atom. The van der Waals surface area contributed by atoms with Crippen molar-refractivity contribution in [3.63, 3.8) is 0 Å². The summed E-state index contributed by atoms with van der Waals surface area (Å²) < 4.78 is 208. The SMILES string of the molecule is O=S(=O)(NS(=O)(=O)C(F)(F)C(F)(F)OC(F)(F)C(F)(F)S(=O)(=O)O)c1cc(F)ccc1F. The zero-order valence-corrected chi connectivity index (χ0v) is 16.5. The Balaban J connectivity index is 3.45. The van der Waals surface area contributed by atoms with E-state index in [9.17, 15) is 69.2 Å². The van der Waals surface area contributed by atoms with E-state index in [4.69, 9.17) is 4.55 Å². The van der Waals surface area contributed by atoms with E-state index in [1.807, 2.05) is 0 Å². The molecule has 0 bridgehead atoms. The molecule has 0 aromatic heterocycles. The Labute approximate surface area is 170 Å². The predicted octanol–water partition coefficient (Wildman–Crippen LogP) is 1.85. The minimum absolute atomic E-state index is 0.0182. The van der Waals surface area contributed by atoms with Gasteiger partial charge in [0.25, 0.3) is 20.0 Å². The first-order valence-electron chi connectivity index (χ1n) is 6.74. The summed E-state index contributed by atoms with van der Waals surface area (Å²) in [6.45, 7) is 0. The standard InChI is InChI=1S/C10H5F10NO8S3/c11-4-1-2-5(12)6(3-4)30(22,23)21-31(24,25)9(17,18)7(13,14)29-8(15,16)10(19,20)32(26,27)28/h1-3,21H,(H,26,27,28). The minimum Gasteiger partial charge on any atom is -0.281 e. The first-order valence-corrected chi connectivity index (χ1v) is 11.1. The summed E-state index contributed by atoms with van der Waals surface area (Å²) in [6.07, 6.45) is -14.6. The van der Waals surface area contributed by atoms with Gasteiger partial charge in [0.2, 0.25) is 0 Å². The summed E-state index contributed by atoms with van der Waals surface area (Å²) in [5.74, 6) is -3.63. The van der Waals surface area contributed by atoms with Crippen LogP contribution in [0.5, 0.6) is 0 Å². The second-order valence-electron chi connectivity index (χ2n) is 5.31. The molecule has 0 saturated carbocycles. The second kappa shape index (κ2) is 7.93. The molecule has 0 aliphatic rings. The molecular weight excluding hydrogens is 548 g/mol. The van der Waals surface area contributed by atoms with Crippen LogP contribution in [0.15, 0.2) is 23.1 Å². The maximum absolute atomic E-state index is 13.7. The molecule has 0 saturated heterocycles. The predicted molar refractivity (Wildman–Crippen MR) is 78.0 cm³/mol. The maximum Gasteiger partial charge on any atom is 0.460 e. The van der Waals surface area contributed by atoms with Crippen LogP contribution in [0.4, 0.5) is 43.9 Å². The lowest BCUT2D eigenvalue weighted by Gasteiger charge is -2.31. The van der Waals surface area contributed by atoms with Gasteiger partial charge in [0.15, 0.2) is 0 Å². The van der Waals surface area contributed by atoms with E-state index in [0.29, 0.717) is 0 Å². The fourth-order valence-corrected chi connectivity index (χ4v) is 4.73. The molecule has 1 aromatic carbocycles. The quantitative estimate of drug-likeness (QED) is 0.349. The number of rotatable bonds is 9. The molecule has 1 aromatic rings. The molecule has 0 amide bonds. The highest BCUT2D eigenvalue weighted by atomic mass is 32.3. The van der Waals surface area contributed by atoms with Gasteiger partial charge in [0, 0.05) is 0 Å². The van der Waals surface area contributed by atoms with Gasteiger partial charge in [0.1, 0.15) is 16.5 Å². The van der Waals surface area contributed by atoms with Crippen molar-refractivity contribution in [3.05, 3.63) is 29.8 Å². The number of nitrogens with one attached hydrogen (secondary N) is 1. The average molecular weight is 553 g/mol. The molecule has 2 N–H and O–H groups in total. The largest absolute Gasteiger partial charge is 0.460 e. The number of alkyl halides is 8. The van der Waals surface area contributed by atoms with E-state index in [0.717, 1.165) is 0 Å². The normalized spacial score (nSPS) is 15.1. The van der Waals surface area contributed by atoms with E-state index in [1.54, 1.807) is 4.74 Å². The van der Waals surface area contributed by atoms with Crippen molar-refractivity contribution < 1.29 is 78.4 Å². The molecular formula is C10H5F10NO8S3. The van der Waals surface area contributed by atoms with E-state index in [-0.39, 0.29) is 22.3 Å². The third-order valence-corrected chi connectivity index (χ3v) is 7.44. The zero-order valence-electron chi connectivity index (χ0n) is 14.0. The summed E-state index contributed by atoms with van der Waals surface area (Å²) in [4.78, 5) is -2.05. The third kappa shape index (κ3) is 4.93. The third-order valence-electron chi connectivity index (χ3n) is 3.00. The van der Waals surface area contributed by atoms with Crippen LogP contribution >= 0.6 is 0 Å². The lowest BCUT2D eigenvalue weighted by molar-refractivity contribution is -0.442. The fourth-order valence-electron chi connectivity index (χ4n) is 1.51. The Kier molecular flexibility index (Phi) is 7.01. The summed E-state index contributed by atoms with van der Waals surface area (Å²) in [5, 5.41) is -14.2. The molecule has 0 atom stereocenters. The lowest BCUT2D eigenvalue weighted by Crippen LogP contribution is -2.60. The number of hydrogen-bond donors (Lipinski definition) is 2. The van der Waals surface area contributed by atoms with Gasteiger partial charge in [-0.3, -0.25) is 4.55 Å². The van der Waals surface area contributed by atoms with Crippen molar-refractivity contribution in [1.82, 2.24) is 4.13 Å². The number of sulfonamides is 2. The second-order valence-corrected chi connectivity index (χ2v) is 10.4. The van der Waals surface area contributed by atoms with Crippen LogP contribution < -0.4 is 4.13 Å². The zero-order chi connectivity index (χ0) is 25.8. The molecule has 22 heteroatoms. The Hall–Kier alpha value is -1.75.